The molecule has 2 rings (SSSR count). The van der Waals surface area contributed by atoms with E-state index in [4.69, 9.17) is 4.74 Å². The van der Waals surface area contributed by atoms with Crippen molar-refractivity contribution < 1.29 is 22.7 Å². The first-order chi connectivity index (χ1) is 12.0. The number of benzene rings is 2. The number of rotatable bonds is 8. The number of methoxy groups -OCH3 is 1. The lowest BCUT2D eigenvalue weighted by atomic mass is 10.2. The standard InChI is InChI=1S/C18H21NO5S/c1-3-24-16-9-11-17(12-10-16)25(21,22)19(14-18(20)23-2)13-15-7-5-4-6-8-15/h4-12H,3,13-14H2,1-2H3. The van der Waals surface area contributed by atoms with E-state index in [0.29, 0.717) is 12.4 Å². The third-order valence-corrected chi connectivity index (χ3v) is 5.31. The minimum atomic E-state index is -3.86. The highest BCUT2D eigenvalue weighted by Gasteiger charge is 2.27. The molecule has 0 aromatic heterocycles. The summed E-state index contributed by atoms with van der Waals surface area (Å²) in [4.78, 5) is 11.8. The monoisotopic (exact) mass is 363 g/mol. The molecule has 0 atom stereocenters. The normalized spacial score (nSPS) is 11.3. The predicted octanol–water partition coefficient (Wildman–Crippen LogP) is 2.45. The quantitative estimate of drug-likeness (QED) is 0.674. The van der Waals surface area contributed by atoms with Crippen molar-refractivity contribution in [3.05, 3.63) is 60.2 Å². The van der Waals surface area contributed by atoms with Crippen LogP contribution in [0.3, 0.4) is 0 Å². The number of carbonyl (C=O) groups is 1. The van der Waals surface area contributed by atoms with Crippen LogP contribution in [0.2, 0.25) is 0 Å². The maximum absolute atomic E-state index is 12.9. The zero-order chi connectivity index (χ0) is 18.3. The van der Waals surface area contributed by atoms with Crippen molar-refractivity contribution >= 4 is 16.0 Å². The molecule has 0 unspecified atom stereocenters. The summed E-state index contributed by atoms with van der Waals surface area (Å²) in [5.41, 5.74) is 0.779. The second-order valence-corrected chi connectivity index (χ2v) is 7.18. The number of carbonyl (C=O) groups excluding carboxylic acids is 1. The molecule has 0 spiro atoms. The lowest BCUT2D eigenvalue weighted by Crippen LogP contribution is -2.35. The molecule has 2 aromatic rings. The Hall–Kier alpha value is -2.38. The average molecular weight is 363 g/mol. The largest absolute Gasteiger partial charge is 0.494 e. The highest BCUT2D eigenvalue weighted by Crippen LogP contribution is 2.21. The van der Waals surface area contributed by atoms with Gasteiger partial charge in [0.1, 0.15) is 12.3 Å². The second-order valence-electron chi connectivity index (χ2n) is 5.24. The minimum Gasteiger partial charge on any atom is -0.494 e. The summed E-state index contributed by atoms with van der Waals surface area (Å²) in [6, 6.07) is 15.2. The van der Waals surface area contributed by atoms with Crippen LogP contribution in [0, 0.1) is 0 Å². The Kier molecular flexibility index (Phi) is 6.55. The molecule has 25 heavy (non-hydrogen) atoms. The van der Waals surface area contributed by atoms with Gasteiger partial charge in [0.2, 0.25) is 10.0 Å². The van der Waals surface area contributed by atoms with E-state index >= 15 is 0 Å². The van der Waals surface area contributed by atoms with Crippen molar-refractivity contribution in [1.82, 2.24) is 4.31 Å². The first-order valence-electron chi connectivity index (χ1n) is 7.81. The fourth-order valence-corrected chi connectivity index (χ4v) is 3.62. The molecule has 0 bridgehead atoms. The third-order valence-electron chi connectivity index (χ3n) is 3.51. The lowest BCUT2D eigenvalue weighted by Gasteiger charge is -2.21. The van der Waals surface area contributed by atoms with Gasteiger partial charge in [0.05, 0.1) is 18.6 Å². The van der Waals surface area contributed by atoms with E-state index in [0.717, 1.165) is 9.87 Å². The van der Waals surface area contributed by atoms with Gasteiger partial charge in [0.25, 0.3) is 0 Å². The number of nitrogens with zero attached hydrogens (tertiary/aromatic N) is 1. The Labute approximate surface area is 148 Å². The van der Waals surface area contributed by atoms with E-state index in [2.05, 4.69) is 4.74 Å². The van der Waals surface area contributed by atoms with Gasteiger partial charge in [-0.15, -0.1) is 0 Å². The fraction of sp³-hybridized carbons (Fsp3) is 0.278. The van der Waals surface area contributed by atoms with Gasteiger partial charge >= 0.3 is 5.97 Å². The minimum absolute atomic E-state index is 0.0749. The molecule has 0 radical (unpaired) electrons. The third kappa shape index (κ3) is 5.04. The average Bonchev–Trinajstić information content (AvgIpc) is 2.62. The Morgan fingerprint density at radius 1 is 1.04 bits per heavy atom. The number of hydrogen-bond donors (Lipinski definition) is 0. The Bertz CT molecular complexity index is 788. The number of hydrogen-bond acceptors (Lipinski definition) is 5. The highest BCUT2D eigenvalue weighted by atomic mass is 32.2. The summed E-state index contributed by atoms with van der Waals surface area (Å²) in [6.07, 6.45) is 0. The van der Waals surface area contributed by atoms with E-state index in [9.17, 15) is 13.2 Å². The van der Waals surface area contributed by atoms with E-state index in [1.165, 1.54) is 19.2 Å². The Morgan fingerprint density at radius 3 is 2.24 bits per heavy atom. The molecule has 0 amide bonds. The molecular weight excluding hydrogens is 342 g/mol. The molecule has 2 aromatic carbocycles. The summed E-state index contributed by atoms with van der Waals surface area (Å²) in [6.45, 7) is 2.06. The SMILES string of the molecule is CCOc1ccc(S(=O)(=O)N(CC(=O)OC)Cc2ccccc2)cc1. The van der Waals surface area contributed by atoms with E-state index < -0.39 is 16.0 Å². The van der Waals surface area contributed by atoms with Gasteiger partial charge in [-0.25, -0.2) is 8.42 Å². The topological polar surface area (TPSA) is 72.9 Å². The van der Waals surface area contributed by atoms with Crippen molar-refractivity contribution in [2.75, 3.05) is 20.3 Å². The Morgan fingerprint density at radius 2 is 1.68 bits per heavy atom. The van der Waals surface area contributed by atoms with Crippen LogP contribution in [0.25, 0.3) is 0 Å². The van der Waals surface area contributed by atoms with Gasteiger partial charge in [0.15, 0.2) is 0 Å². The summed E-state index contributed by atoms with van der Waals surface area (Å²) in [5.74, 6) is -0.0329. The molecule has 0 saturated carbocycles. The summed E-state index contributed by atoms with van der Waals surface area (Å²) in [5, 5.41) is 0. The Balaban J connectivity index is 2.31. The predicted molar refractivity (Wildman–Crippen MR) is 93.7 cm³/mol. The molecule has 0 aliphatic heterocycles. The van der Waals surface area contributed by atoms with Crippen LogP contribution in [0.4, 0.5) is 0 Å². The first-order valence-corrected chi connectivity index (χ1v) is 9.25. The zero-order valence-electron chi connectivity index (χ0n) is 14.2. The van der Waals surface area contributed by atoms with Gasteiger partial charge < -0.3 is 9.47 Å². The smallest absolute Gasteiger partial charge is 0.321 e. The summed E-state index contributed by atoms with van der Waals surface area (Å²) < 4.78 is 36.9. The molecule has 0 heterocycles. The maximum atomic E-state index is 12.9. The van der Waals surface area contributed by atoms with Crippen LogP contribution in [0.5, 0.6) is 5.75 Å². The van der Waals surface area contributed by atoms with Gasteiger partial charge in [-0.05, 0) is 36.8 Å². The van der Waals surface area contributed by atoms with Gasteiger partial charge in [-0.1, -0.05) is 30.3 Å². The first kappa shape index (κ1) is 19.0. The number of sulfonamides is 1. The van der Waals surface area contributed by atoms with Crippen LogP contribution in [0.15, 0.2) is 59.5 Å². The van der Waals surface area contributed by atoms with Crippen LogP contribution in [-0.2, 0) is 26.1 Å². The van der Waals surface area contributed by atoms with Crippen LogP contribution in [0.1, 0.15) is 12.5 Å². The van der Waals surface area contributed by atoms with Crippen LogP contribution < -0.4 is 4.74 Å². The fourth-order valence-electron chi connectivity index (χ4n) is 2.25. The van der Waals surface area contributed by atoms with Crippen LogP contribution >= 0.6 is 0 Å². The van der Waals surface area contributed by atoms with Gasteiger partial charge in [0, 0.05) is 6.54 Å². The molecule has 134 valence electrons. The van der Waals surface area contributed by atoms with Crippen molar-refractivity contribution in [3.63, 3.8) is 0 Å². The van der Waals surface area contributed by atoms with E-state index in [-0.39, 0.29) is 18.0 Å². The van der Waals surface area contributed by atoms with Crippen molar-refractivity contribution in [3.8, 4) is 5.75 Å². The number of esters is 1. The molecular formula is C18H21NO5S. The second kappa shape index (κ2) is 8.64. The van der Waals surface area contributed by atoms with Crippen molar-refractivity contribution in [2.24, 2.45) is 0 Å². The molecule has 0 N–H and O–H groups in total. The van der Waals surface area contributed by atoms with Crippen molar-refractivity contribution in [2.45, 2.75) is 18.4 Å². The van der Waals surface area contributed by atoms with Crippen molar-refractivity contribution in [1.29, 1.82) is 0 Å². The summed E-state index contributed by atoms with van der Waals surface area (Å²) >= 11 is 0. The summed E-state index contributed by atoms with van der Waals surface area (Å²) in [7, 11) is -2.63. The molecule has 0 aliphatic rings. The highest BCUT2D eigenvalue weighted by molar-refractivity contribution is 7.89. The van der Waals surface area contributed by atoms with Gasteiger partial charge in [-0.2, -0.15) is 4.31 Å². The molecule has 0 saturated heterocycles. The van der Waals surface area contributed by atoms with Gasteiger partial charge in [-0.3, -0.25) is 4.79 Å². The van der Waals surface area contributed by atoms with E-state index in [1.54, 1.807) is 24.3 Å². The molecule has 0 fully saturated rings. The van der Waals surface area contributed by atoms with Crippen LogP contribution in [-0.4, -0.2) is 39.0 Å². The lowest BCUT2D eigenvalue weighted by molar-refractivity contribution is -0.140. The molecule has 6 nitrogen and oxygen atoms in total. The molecule has 0 aliphatic carbocycles. The number of ether oxygens (including phenoxy) is 2. The maximum Gasteiger partial charge on any atom is 0.321 e. The molecule has 7 heteroatoms. The van der Waals surface area contributed by atoms with E-state index in [1.807, 2.05) is 25.1 Å². The zero-order valence-corrected chi connectivity index (χ0v) is 15.0.